The molecule has 0 saturated heterocycles. The number of H-pyrrole nitrogens is 1. The summed E-state index contributed by atoms with van der Waals surface area (Å²) in [5.74, 6) is 0.957. The zero-order valence-corrected chi connectivity index (χ0v) is 11.6. The van der Waals surface area contributed by atoms with Crippen LogP contribution < -0.4 is 4.74 Å². The van der Waals surface area contributed by atoms with Crippen LogP contribution in [0.25, 0.3) is 10.9 Å². The SMILES string of the molecule is CN(C)C1CCCC(Oc2ccc3[nH]ncc3c2)C1. The minimum absolute atomic E-state index is 0.338. The van der Waals surface area contributed by atoms with Gasteiger partial charge in [-0.25, -0.2) is 0 Å². The molecule has 0 radical (unpaired) electrons. The third kappa shape index (κ3) is 2.73. The van der Waals surface area contributed by atoms with E-state index in [0.29, 0.717) is 12.1 Å². The van der Waals surface area contributed by atoms with Gasteiger partial charge in [0.15, 0.2) is 0 Å². The molecule has 1 aromatic carbocycles. The number of fused-ring (bicyclic) bond motifs is 1. The molecule has 4 heteroatoms. The Hall–Kier alpha value is -1.55. The third-order valence-corrected chi connectivity index (χ3v) is 4.04. The molecule has 0 amide bonds. The number of nitrogens with one attached hydrogen (secondary N) is 1. The van der Waals surface area contributed by atoms with Crippen LogP contribution in [0, 0.1) is 0 Å². The van der Waals surface area contributed by atoms with Crippen molar-refractivity contribution in [3.05, 3.63) is 24.4 Å². The van der Waals surface area contributed by atoms with Crippen LogP contribution in [0.5, 0.6) is 5.75 Å². The predicted molar refractivity (Wildman–Crippen MR) is 76.5 cm³/mol. The fraction of sp³-hybridized carbons (Fsp3) is 0.533. The Labute approximate surface area is 113 Å². The lowest BCUT2D eigenvalue weighted by atomic mass is 9.92. The highest BCUT2D eigenvalue weighted by Gasteiger charge is 2.24. The molecule has 0 aliphatic heterocycles. The molecule has 1 aliphatic rings. The number of nitrogens with zero attached hydrogens (tertiary/aromatic N) is 2. The van der Waals surface area contributed by atoms with Gasteiger partial charge in [-0.3, -0.25) is 5.10 Å². The summed E-state index contributed by atoms with van der Waals surface area (Å²) >= 11 is 0. The van der Waals surface area contributed by atoms with E-state index < -0.39 is 0 Å². The standard InChI is InChI=1S/C15H21N3O/c1-18(2)12-4-3-5-13(9-12)19-14-6-7-15-11(8-14)10-16-17-15/h6-8,10,12-13H,3-5,9H2,1-2H3,(H,16,17). The number of aromatic nitrogens is 2. The Morgan fingerprint density at radius 2 is 2.21 bits per heavy atom. The monoisotopic (exact) mass is 259 g/mol. The zero-order valence-electron chi connectivity index (χ0n) is 11.6. The summed E-state index contributed by atoms with van der Waals surface area (Å²) in [7, 11) is 4.31. The summed E-state index contributed by atoms with van der Waals surface area (Å²) in [6.45, 7) is 0. The summed E-state index contributed by atoms with van der Waals surface area (Å²) in [6.07, 6.45) is 7.00. The molecule has 102 valence electrons. The van der Waals surface area contributed by atoms with Gasteiger partial charge in [-0.2, -0.15) is 5.10 Å². The average Bonchev–Trinajstić information content (AvgIpc) is 2.86. The molecule has 1 aromatic heterocycles. The number of benzene rings is 1. The van der Waals surface area contributed by atoms with E-state index in [2.05, 4.69) is 35.3 Å². The Bertz CT molecular complexity index is 549. The van der Waals surface area contributed by atoms with E-state index in [1.807, 2.05) is 18.3 Å². The maximum atomic E-state index is 6.14. The second kappa shape index (κ2) is 5.21. The van der Waals surface area contributed by atoms with Gasteiger partial charge in [0.05, 0.1) is 11.7 Å². The number of hydrogen-bond donors (Lipinski definition) is 1. The maximum absolute atomic E-state index is 6.14. The Balaban J connectivity index is 1.69. The predicted octanol–water partition coefficient (Wildman–Crippen LogP) is 2.81. The van der Waals surface area contributed by atoms with Crippen LogP contribution in [-0.4, -0.2) is 41.3 Å². The molecule has 2 atom stereocenters. The number of aromatic amines is 1. The summed E-state index contributed by atoms with van der Waals surface area (Å²) < 4.78 is 6.14. The molecule has 19 heavy (non-hydrogen) atoms. The lowest BCUT2D eigenvalue weighted by Gasteiger charge is -2.33. The molecule has 4 nitrogen and oxygen atoms in total. The maximum Gasteiger partial charge on any atom is 0.120 e. The van der Waals surface area contributed by atoms with E-state index >= 15 is 0 Å². The highest BCUT2D eigenvalue weighted by atomic mass is 16.5. The molecular formula is C15H21N3O. The van der Waals surface area contributed by atoms with Crippen molar-refractivity contribution in [2.45, 2.75) is 37.8 Å². The van der Waals surface area contributed by atoms with Gasteiger partial charge < -0.3 is 9.64 Å². The second-order valence-electron chi connectivity index (χ2n) is 5.64. The summed E-state index contributed by atoms with van der Waals surface area (Å²) in [5.41, 5.74) is 1.06. The smallest absolute Gasteiger partial charge is 0.120 e. The van der Waals surface area contributed by atoms with E-state index in [1.54, 1.807) is 0 Å². The van der Waals surface area contributed by atoms with Gasteiger partial charge in [0.25, 0.3) is 0 Å². The molecule has 2 unspecified atom stereocenters. The van der Waals surface area contributed by atoms with Crippen LogP contribution in [0.3, 0.4) is 0 Å². The van der Waals surface area contributed by atoms with Crippen molar-refractivity contribution in [3.63, 3.8) is 0 Å². The Morgan fingerprint density at radius 1 is 1.32 bits per heavy atom. The molecule has 1 heterocycles. The van der Waals surface area contributed by atoms with Crippen LogP contribution in [0.15, 0.2) is 24.4 Å². The highest BCUT2D eigenvalue weighted by Crippen LogP contribution is 2.27. The first-order valence-electron chi connectivity index (χ1n) is 6.98. The normalized spacial score (nSPS) is 23.9. The lowest BCUT2D eigenvalue weighted by molar-refractivity contribution is 0.100. The van der Waals surface area contributed by atoms with Gasteiger partial charge in [0.1, 0.15) is 11.9 Å². The fourth-order valence-corrected chi connectivity index (χ4v) is 2.88. The van der Waals surface area contributed by atoms with E-state index in [0.717, 1.165) is 29.5 Å². The van der Waals surface area contributed by atoms with Gasteiger partial charge in [0.2, 0.25) is 0 Å². The van der Waals surface area contributed by atoms with Gasteiger partial charge in [0, 0.05) is 11.4 Å². The van der Waals surface area contributed by atoms with Crippen LogP contribution in [0.1, 0.15) is 25.7 Å². The van der Waals surface area contributed by atoms with Gasteiger partial charge in [-0.1, -0.05) is 0 Å². The molecule has 0 spiro atoms. The molecular weight excluding hydrogens is 238 g/mol. The number of rotatable bonds is 3. The molecule has 2 aromatic rings. The van der Waals surface area contributed by atoms with Crippen molar-refractivity contribution < 1.29 is 4.74 Å². The summed E-state index contributed by atoms with van der Waals surface area (Å²) in [6, 6.07) is 6.78. The van der Waals surface area contributed by atoms with Crippen molar-refractivity contribution in [1.82, 2.24) is 15.1 Å². The summed E-state index contributed by atoms with van der Waals surface area (Å²) in [4.78, 5) is 2.31. The minimum Gasteiger partial charge on any atom is -0.490 e. The zero-order chi connectivity index (χ0) is 13.2. The van der Waals surface area contributed by atoms with Crippen LogP contribution in [0.2, 0.25) is 0 Å². The topological polar surface area (TPSA) is 41.1 Å². The van der Waals surface area contributed by atoms with Gasteiger partial charge in [-0.15, -0.1) is 0 Å². The first-order chi connectivity index (χ1) is 9.22. The highest BCUT2D eigenvalue weighted by molar-refractivity contribution is 5.79. The Morgan fingerprint density at radius 3 is 3.05 bits per heavy atom. The van der Waals surface area contributed by atoms with Crippen molar-refractivity contribution in [1.29, 1.82) is 0 Å². The molecule has 1 fully saturated rings. The molecule has 1 aliphatic carbocycles. The lowest BCUT2D eigenvalue weighted by Crippen LogP contribution is -2.37. The van der Waals surface area contributed by atoms with E-state index in [-0.39, 0.29) is 0 Å². The van der Waals surface area contributed by atoms with Crippen LogP contribution in [0.4, 0.5) is 0 Å². The average molecular weight is 259 g/mol. The van der Waals surface area contributed by atoms with Crippen LogP contribution in [-0.2, 0) is 0 Å². The van der Waals surface area contributed by atoms with Crippen molar-refractivity contribution in [3.8, 4) is 5.75 Å². The van der Waals surface area contributed by atoms with E-state index in [4.69, 9.17) is 4.74 Å². The van der Waals surface area contributed by atoms with Crippen molar-refractivity contribution >= 4 is 10.9 Å². The molecule has 0 bridgehead atoms. The van der Waals surface area contributed by atoms with Crippen molar-refractivity contribution in [2.75, 3.05) is 14.1 Å². The second-order valence-corrected chi connectivity index (χ2v) is 5.64. The third-order valence-electron chi connectivity index (χ3n) is 4.04. The number of hydrogen-bond acceptors (Lipinski definition) is 3. The first kappa shape index (κ1) is 12.5. The van der Waals surface area contributed by atoms with E-state index in [1.165, 1.54) is 12.8 Å². The van der Waals surface area contributed by atoms with Crippen molar-refractivity contribution in [2.24, 2.45) is 0 Å². The van der Waals surface area contributed by atoms with Crippen LogP contribution >= 0.6 is 0 Å². The fourth-order valence-electron chi connectivity index (χ4n) is 2.88. The molecule has 1 saturated carbocycles. The number of ether oxygens (including phenoxy) is 1. The molecule has 3 rings (SSSR count). The quantitative estimate of drug-likeness (QED) is 0.921. The van der Waals surface area contributed by atoms with Gasteiger partial charge >= 0.3 is 0 Å². The first-order valence-corrected chi connectivity index (χ1v) is 6.98. The Kier molecular flexibility index (Phi) is 3.42. The largest absolute Gasteiger partial charge is 0.490 e. The van der Waals surface area contributed by atoms with E-state index in [9.17, 15) is 0 Å². The molecule has 1 N–H and O–H groups in total. The minimum atomic E-state index is 0.338. The van der Waals surface area contributed by atoms with Gasteiger partial charge in [-0.05, 0) is 58.0 Å². The summed E-state index contributed by atoms with van der Waals surface area (Å²) in [5, 5.41) is 8.11.